The summed E-state index contributed by atoms with van der Waals surface area (Å²) in [6, 6.07) is 2.14. The highest BCUT2D eigenvalue weighted by atomic mass is 35.5. The minimum absolute atomic E-state index is 0.592. The third kappa shape index (κ3) is 3.15. The Morgan fingerprint density at radius 3 is 2.42 bits per heavy atom. The van der Waals surface area contributed by atoms with Crippen molar-refractivity contribution >= 4 is 11.6 Å². The monoisotopic (exact) mass is 283 g/mol. The number of aryl methyl sites for hydroxylation is 1. The SMILES string of the molecule is COc1c(C)cc(CC2CCNCC2)c(OC)c1Cl. The zero-order chi connectivity index (χ0) is 13.8. The Morgan fingerprint density at radius 2 is 1.84 bits per heavy atom. The van der Waals surface area contributed by atoms with Crippen LogP contribution in [0.2, 0.25) is 5.02 Å². The zero-order valence-electron chi connectivity index (χ0n) is 11.9. The van der Waals surface area contributed by atoms with Crippen LogP contribution in [0.1, 0.15) is 24.0 Å². The maximum absolute atomic E-state index is 6.37. The predicted octanol–water partition coefficient (Wildman–Crippen LogP) is 3.21. The maximum atomic E-state index is 6.37. The Kier molecular flexibility index (Phi) is 4.94. The minimum Gasteiger partial charge on any atom is -0.495 e. The molecule has 2 rings (SSSR count). The van der Waals surface area contributed by atoms with Gasteiger partial charge in [-0.3, -0.25) is 0 Å². The normalized spacial score (nSPS) is 16.4. The molecule has 1 fully saturated rings. The summed E-state index contributed by atoms with van der Waals surface area (Å²) in [6.07, 6.45) is 3.45. The second-order valence-corrected chi connectivity index (χ2v) is 5.51. The van der Waals surface area contributed by atoms with Crippen LogP contribution < -0.4 is 14.8 Å². The second kappa shape index (κ2) is 6.49. The molecule has 0 atom stereocenters. The molecule has 106 valence electrons. The molecule has 4 heteroatoms. The van der Waals surface area contributed by atoms with Crippen LogP contribution in [-0.2, 0) is 6.42 Å². The van der Waals surface area contributed by atoms with Crippen molar-refractivity contribution in [3.05, 3.63) is 22.2 Å². The molecule has 19 heavy (non-hydrogen) atoms. The summed E-state index contributed by atoms with van der Waals surface area (Å²) in [6.45, 7) is 4.24. The molecule has 1 aliphatic heterocycles. The van der Waals surface area contributed by atoms with Gasteiger partial charge in [-0.15, -0.1) is 0 Å². The van der Waals surface area contributed by atoms with Crippen LogP contribution in [0, 0.1) is 12.8 Å². The van der Waals surface area contributed by atoms with Crippen LogP contribution in [-0.4, -0.2) is 27.3 Å². The molecule has 1 heterocycles. The summed E-state index contributed by atoms with van der Waals surface area (Å²) in [5.74, 6) is 2.19. The van der Waals surface area contributed by atoms with Gasteiger partial charge in [-0.2, -0.15) is 0 Å². The van der Waals surface area contributed by atoms with Crippen LogP contribution in [0.5, 0.6) is 11.5 Å². The van der Waals surface area contributed by atoms with E-state index in [0.717, 1.165) is 30.8 Å². The Morgan fingerprint density at radius 1 is 1.21 bits per heavy atom. The van der Waals surface area contributed by atoms with Crippen LogP contribution in [0.25, 0.3) is 0 Å². The Bertz CT molecular complexity index is 442. The number of benzene rings is 1. The van der Waals surface area contributed by atoms with Gasteiger partial charge < -0.3 is 14.8 Å². The van der Waals surface area contributed by atoms with Crippen LogP contribution in [0.3, 0.4) is 0 Å². The molecule has 0 bridgehead atoms. The molecule has 1 N–H and O–H groups in total. The van der Waals surface area contributed by atoms with Crippen molar-refractivity contribution in [2.24, 2.45) is 5.92 Å². The zero-order valence-corrected chi connectivity index (χ0v) is 12.6. The summed E-state index contributed by atoms with van der Waals surface area (Å²) in [5, 5.41) is 3.98. The van der Waals surface area contributed by atoms with Gasteiger partial charge in [0.15, 0.2) is 0 Å². The smallest absolute Gasteiger partial charge is 0.144 e. The molecule has 1 aliphatic rings. The van der Waals surface area contributed by atoms with E-state index in [9.17, 15) is 0 Å². The van der Waals surface area contributed by atoms with E-state index in [1.807, 2.05) is 6.92 Å². The van der Waals surface area contributed by atoms with E-state index in [0.29, 0.717) is 16.7 Å². The molecule has 3 nitrogen and oxygen atoms in total. The number of methoxy groups -OCH3 is 2. The molecule has 0 aliphatic carbocycles. The Hall–Kier alpha value is -0.930. The lowest BCUT2D eigenvalue weighted by atomic mass is 9.90. The molecule has 0 radical (unpaired) electrons. The van der Waals surface area contributed by atoms with Gasteiger partial charge in [0.2, 0.25) is 0 Å². The van der Waals surface area contributed by atoms with Crippen molar-refractivity contribution in [1.29, 1.82) is 0 Å². The number of halogens is 1. The maximum Gasteiger partial charge on any atom is 0.144 e. The van der Waals surface area contributed by atoms with E-state index in [-0.39, 0.29) is 0 Å². The first-order chi connectivity index (χ1) is 9.17. The highest BCUT2D eigenvalue weighted by Crippen LogP contribution is 2.40. The van der Waals surface area contributed by atoms with Gasteiger partial charge in [0.25, 0.3) is 0 Å². The van der Waals surface area contributed by atoms with Crippen molar-refractivity contribution in [3.8, 4) is 11.5 Å². The average Bonchev–Trinajstić information content (AvgIpc) is 2.40. The van der Waals surface area contributed by atoms with Gasteiger partial charge in [-0.25, -0.2) is 0 Å². The summed E-state index contributed by atoms with van der Waals surface area (Å²) in [5.41, 5.74) is 2.26. The van der Waals surface area contributed by atoms with E-state index in [2.05, 4.69) is 11.4 Å². The van der Waals surface area contributed by atoms with Crippen molar-refractivity contribution in [1.82, 2.24) is 5.32 Å². The standard InChI is InChI=1S/C15H22ClNO2/c1-10-8-12(9-11-4-6-17-7-5-11)15(19-3)13(16)14(10)18-2/h8,11,17H,4-7,9H2,1-3H3. The third-order valence-corrected chi connectivity index (χ3v) is 4.16. The average molecular weight is 284 g/mol. The van der Waals surface area contributed by atoms with Gasteiger partial charge in [0, 0.05) is 0 Å². The number of hydrogen-bond donors (Lipinski definition) is 1. The summed E-state index contributed by atoms with van der Waals surface area (Å²) < 4.78 is 10.8. The molecule has 0 saturated carbocycles. The van der Waals surface area contributed by atoms with Gasteiger partial charge in [-0.1, -0.05) is 11.6 Å². The summed E-state index contributed by atoms with van der Waals surface area (Å²) >= 11 is 6.37. The van der Waals surface area contributed by atoms with Crippen molar-refractivity contribution in [2.45, 2.75) is 26.2 Å². The van der Waals surface area contributed by atoms with E-state index >= 15 is 0 Å². The van der Waals surface area contributed by atoms with Gasteiger partial charge in [0.05, 0.1) is 14.2 Å². The van der Waals surface area contributed by atoms with Crippen molar-refractivity contribution < 1.29 is 9.47 Å². The fourth-order valence-electron chi connectivity index (χ4n) is 2.83. The molecule has 0 amide bonds. The molecule has 1 aromatic carbocycles. The minimum atomic E-state index is 0.592. The number of ether oxygens (including phenoxy) is 2. The van der Waals surface area contributed by atoms with Crippen LogP contribution in [0.4, 0.5) is 0 Å². The largest absolute Gasteiger partial charge is 0.495 e. The van der Waals surface area contributed by atoms with Crippen molar-refractivity contribution in [3.63, 3.8) is 0 Å². The number of hydrogen-bond acceptors (Lipinski definition) is 3. The molecule has 1 saturated heterocycles. The highest BCUT2D eigenvalue weighted by molar-refractivity contribution is 6.33. The third-order valence-electron chi connectivity index (χ3n) is 3.81. The number of piperidine rings is 1. The summed E-state index contributed by atoms with van der Waals surface area (Å²) in [7, 11) is 3.31. The Balaban J connectivity index is 2.28. The van der Waals surface area contributed by atoms with E-state index < -0.39 is 0 Å². The lowest BCUT2D eigenvalue weighted by Gasteiger charge is -2.24. The molecular formula is C15H22ClNO2. The van der Waals surface area contributed by atoms with Gasteiger partial charge in [-0.05, 0) is 62.4 Å². The van der Waals surface area contributed by atoms with Crippen LogP contribution >= 0.6 is 11.6 Å². The van der Waals surface area contributed by atoms with E-state index in [4.69, 9.17) is 21.1 Å². The first-order valence-corrected chi connectivity index (χ1v) is 7.15. The topological polar surface area (TPSA) is 30.5 Å². The lowest BCUT2D eigenvalue weighted by molar-refractivity contribution is 0.358. The van der Waals surface area contributed by atoms with Gasteiger partial charge in [0.1, 0.15) is 16.5 Å². The fourth-order valence-corrected chi connectivity index (χ4v) is 3.25. The van der Waals surface area contributed by atoms with Crippen LogP contribution in [0.15, 0.2) is 6.07 Å². The molecule has 0 unspecified atom stereocenters. The molecule has 1 aromatic rings. The highest BCUT2D eigenvalue weighted by Gasteiger charge is 2.20. The molecule has 0 aromatic heterocycles. The van der Waals surface area contributed by atoms with E-state index in [1.165, 1.54) is 18.4 Å². The number of nitrogens with one attached hydrogen (secondary N) is 1. The first-order valence-electron chi connectivity index (χ1n) is 6.78. The molecule has 0 spiro atoms. The lowest BCUT2D eigenvalue weighted by Crippen LogP contribution is -2.28. The predicted molar refractivity (Wildman–Crippen MR) is 78.6 cm³/mol. The van der Waals surface area contributed by atoms with E-state index in [1.54, 1.807) is 14.2 Å². The number of rotatable bonds is 4. The fraction of sp³-hybridized carbons (Fsp3) is 0.600. The van der Waals surface area contributed by atoms with Gasteiger partial charge >= 0.3 is 0 Å². The quantitative estimate of drug-likeness (QED) is 0.920. The Labute approximate surface area is 120 Å². The van der Waals surface area contributed by atoms with Crippen molar-refractivity contribution in [2.75, 3.05) is 27.3 Å². The summed E-state index contributed by atoms with van der Waals surface area (Å²) in [4.78, 5) is 0. The first kappa shape index (κ1) is 14.5. The second-order valence-electron chi connectivity index (χ2n) is 5.13. The molecular weight excluding hydrogens is 262 g/mol.